The fourth-order valence-electron chi connectivity index (χ4n) is 2.31. The van der Waals surface area contributed by atoms with Gasteiger partial charge in [-0.05, 0) is 42.3 Å². The van der Waals surface area contributed by atoms with E-state index < -0.39 is 23.3 Å². The Hall–Kier alpha value is -3.06. The number of rotatable bonds is 1. The van der Waals surface area contributed by atoms with Crippen molar-refractivity contribution in [2.75, 3.05) is 0 Å². The molecule has 0 unspecified atom stereocenters. The summed E-state index contributed by atoms with van der Waals surface area (Å²) in [7, 11) is 0. The Morgan fingerprint density at radius 2 is 1.24 bits per heavy atom. The fourth-order valence-corrected chi connectivity index (χ4v) is 2.31. The van der Waals surface area contributed by atoms with Crippen molar-refractivity contribution < 1.29 is 17.6 Å². The summed E-state index contributed by atoms with van der Waals surface area (Å²) in [6.07, 6.45) is 0. The minimum absolute atomic E-state index is 0.0709. The molecule has 0 spiro atoms. The van der Waals surface area contributed by atoms with Gasteiger partial charge in [-0.1, -0.05) is 47.7 Å². The molecule has 0 aliphatic rings. The largest absolute Gasteiger partial charge is 0.206 e. The van der Waals surface area contributed by atoms with Crippen molar-refractivity contribution in [2.45, 2.75) is 6.92 Å². The zero-order valence-electron chi connectivity index (χ0n) is 13.2. The normalized spacial score (nSPS) is 10.3. The lowest BCUT2D eigenvalue weighted by atomic mass is 10.0. The summed E-state index contributed by atoms with van der Waals surface area (Å²) >= 11 is 0. The van der Waals surface area contributed by atoms with Crippen LogP contribution in [0.3, 0.4) is 0 Å². The lowest BCUT2D eigenvalue weighted by molar-refractivity contribution is 0.446. The number of aryl methyl sites for hydroxylation is 1. The second-order valence-corrected chi connectivity index (χ2v) is 5.56. The molecule has 0 amide bonds. The monoisotopic (exact) mass is 340 g/mol. The van der Waals surface area contributed by atoms with Crippen LogP contribution in [0.25, 0.3) is 11.1 Å². The molecule has 124 valence electrons. The van der Waals surface area contributed by atoms with Crippen LogP contribution in [0.1, 0.15) is 16.7 Å². The van der Waals surface area contributed by atoms with Gasteiger partial charge in [-0.25, -0.2) is 17.6 Å². The maximum Gasteiger partial charge on any atom is 0.194 e. The third-order valence-corrected chi connectivity index (χ3v) is 3.68. The molecular weight excluding hydrogens is 328 g/mol. The Morgan fingerprint density at radius 1 is 0.640 bits per heavy atom. The number of halogens is 4. The SMILES string of the molecule is Cc1ccc(-c2ccc(C#Cc3cc(F)c(F)c(F)c3)c(F)c2)cc1. The summed E-state index contributed by atoms with van der Waals surface area (Å²) in [6.45, 7) is 1.96. The summed E-state index contributed by atoms with van der Waals surface area (Å²) in [4.78, 5) is 0. The predicted molar refractivity (Wildman–Crippen MR) is 88.9 cm³/mol. The first-order valence-electron chi connectivity index (χ1n) is 7.47. The average molecular weight is 340 g/mol. The molecule has 0 aromatic heterocycles. The maximum absolute atomic E-state index is 14.2. The smallest absolute Gasteiger partial charge is 0.194 e. The second kappa shape index (κ2) is 6.82. The lowest BCUT2D eigenvalue weighted by Gasteiger charge is -2.04. The molecule has 25 heavy (non-hydrogen) atoms. The highest BCUT2D eigenvalue weighted by Crippen LogP contribution is 2.22. The van der Waals surface area contributed by atoms with Gasteiger partial charge in [-0.15, -0.1) is 0 Å². The van der Waals surface area contributed by atoms with Gasteiger partial charge in [-0.2, -0.15) is 0 Å². The highest BCUT2D eigenvalue weighted by Gasteiger charge is 2.09. The molecule has 0 saturated carbocycles. The zero-order chi connectivity index (χ0) is 18.0. The van der Waals surface area contributed by atoms with Gasteiger partial charge >= 0.3 is 0 Å². The first kappa shape index (κ1) is 16.8. The maximum atomic E-state index is 14.2. The molecule has 4 heteroatoms. The third-order valence-electron chi connectivity index (χ3n) is 3.68. The Balaban J connectivity index is 1.91. The van der Waals surface area contributed by atoms with Crippen LogP contribution in [0, 0.1) is 42.0 Å². The lowest BCUT2D eigenvalue weighted by Crippen LogP contribution is -1.92. The summed E-state index contributed by atoms with van der Waals surface area (Å²) < 4.78 is 53.5. The van der Waals surface area contributed by atoms with E-state index in [1.165, 1.54) is 12.1 Å². The molecule has 0 fully saturated rings. The van der Waals surface area contributed by atoms with E-state index in [0.29, 0.717) is 5.56 Å². The molecular formula is C21H12F4. The molecule has 0 radical (unpaired) electrons. The molecule has 0 bridgehead atoms. The zero-order valence-corrected chi connectivity index (χ0v) is 13.2. The molecule has 0 nitrogen and oxygen atoms in total. The molecule has 0 saturated heterocycles. The average Bonchev–Trinajstić information content (AvgIpc) is 2.59. The predicted octanol–water partition coefficient (Wildman–Crippen LogP) is 5.62. The summed E-state index contributed by atoms with van der Waals surface area (Å²) in [5, 5.41) is 0. The number of hydrogen-bond donors (Lipinski definition) is 0. The quantitative estimate of drug-likeness (QED) is 0.306. The van der Waals surface area contributed by atoms with Crippen molar-refractivity contribution >= 4 is 0 Å². The summed E-state index contributed by atoms with van der Waals surface area (Å²) in [5.41, 5.74) is 2.68. The molecule has 0 aliphatic heterocycles. The first-order chi connectivity index (χ1) is 11.9. The van der Waals surface area contributed by atoms with Crippen molar-refractivity contribution in [2.24, 2.45) is 0 Å². The standard InChI is InChI=1S/C21H12F4/c1-13-2-5-15(6-3-13)17-9-8-16(18(22)12-17)7-4-14-10-19(23)21(25)20(24)11-14/h2-3,5-6,8-12H,1H3. The van der Waals surface area contributed by atoms with Crippen molar-refractivity contribution in [3.63, 3.8) is 0 Å². The van der Waals surface area contributed by atoms with Crippen LogP contribution in [0.5, 0.6) is 0 Å². The Kier molecular flexibility index (Phi) is 4.58. The van der Waals surface area contributed by atoms with E-state index in [2.05, 4.69) is 11.8 Å². The van der Waals surface area contributed by atoms with Crippen molar-refractivity contribution in [3.8, 4) is 23.0 Å². The number of hydrogen-bond acceptors (Lipinski definition) is 0. The molecule has 0 atom stereocenters. The molecule has 0 N–H and O–H groups in total. The van der Waals surface area contributed by atoms with Crippen LogP contribution in [0.4, 0.5) is 17.6 Å². The fraction of sp³-hybridized carbons (Fsp3) is 0.0476. The minimum atomic E-state index is -1.56. The van der Waals surface area contributed by atoms with E-state index in [9.17, 15) is 17.6 Å². The van der Waals surface area contributed by atoms with Gasteiger partial charge in [0.2, 0.25) is 0 Å². The van der Waals surface area contributed by atoms with Gasteiger partial charge in [0.05, 0.1) is 5.56 Å². The van der Waals surface area contributed by atoms with Crippen LogP contribution >= 0.6 is 0 Å². The van der Waals surface area contributed by atoms with Crippen molar-refractivity contribution in [1.29, 1.82) is 0 Å². The second-order valence-electron chi connectivity index (χ2n) is 5.56. The van der Waals surface area contributed by atoms with E-state index in [1.54, 1.807) is 6.07 Å². The van der Waals surface area contributed by atoms with Crippen molar-refractivity contribution in [3.05, 3.63) is 94.6 Å². The highest BCUT2D eigenvalue weighted by molar-refractivity contribution is 5.65. The minimum Gasteiger partial charge on any atom is -0.206 e. The topological polar surface area (TPSA) is 0 Å². The van der Waals surface area contributed by atoms with E-state index in [-0.39, 0.29) is 11.1 Å². The van der Waals surface area contributed by atoms with Crippen LogP contribution < -0.4 is 0 Å². The Bertz CT molecular complexity index is 970. The van der Waals surface area contributed by atoms with E-state index >= 15 is 0 Å². The summed E-state index contributed by atoms with van der Waals surface area (Å²) in [6, 6.07) is 13.7. The Morgan fingerprint density at radius 3 is 1.84 bits per heavy atom. The Labute approximate surface area is 142 Å². The van der Waals surface area contributed by atoms with Gasteiger partial charge in [0, 0.05) is 5.56 Å². The molecule has 3 aromatic carbocycles. The third kappa shape index (κ3) is 3.72. The van der Waals surface area contributed by atoms with Crippen LogP contribution in [0.2, 0.25) is 0 Å². The van der Waals surface area contributed by atoms with Crippen molar-refractivity contribution in [1.82, 2.24) is 0 Å². The van der Waals surface area contributed by atoms with Crippen LogP contribution in [-0.4, -0.2) is 0 Å². The van der Waals surface area contributed by atoms with Gasteiger partial charge < -0.3 is 0 Å². The van der Waals surface area contributed by atoms with Crippen LogP contribution in [-0.2, 0) is 0 Å². The van der Waals surface area contributed by atoms with E-state index in [1.807, 2.05) is 31.2 Å². The van der Waals surface area contributed by atoms with Gasteiger partial charge in [0.25, 0.3) is 0 Å². The first-order valence-corrected chi connectivity index (χ1v) is 7.47. The molecule has 0 aliphatic carbocycles. The molecule has 3 rings (SSSR count). The van der Waals surface area contributed by atoms with E-state index in [4.69, 9.17) is 0 Å². The summed E-state index contributed by atoms with van der Waals surface area (Å²) in [5.74, 6) is 0.179. The van der Waals surface area contributed by atoms with Gasteiger partial charge in [0.15, 0.2) is 17.5 Å². The number of benzene rings is 3. The highest BCUT2D eigenvalue weighted by atomic mass is 19.2. The molecule has 0 heterocycles. The van der Waals surface area contributed by atoms with Gasteiger partial charge in [-0.3, -0.25) is 0 Å². The van der Waals surface area contributed by atoms with Crippen LogP contribution in [0.15, 0.2) is 54.6 Å². The van der Waals surface area contributed by atoms with Gasteiger partial charge in [0.1, 0.15) is 5.82 Å². The molecule has 3 aromatic rings. The van der Waals surface area contributed by atoms with E-state index in [0.717, 1.165) is 23.3 Å².